The summed E-state index contributed by atoms with van der Waals surface area (Å²) in [7, 11) is -3.51. The van der Waals surface area contributed by atoms with Gasteiger partial charge in [0.05, 0.1) is 4.90 Å². The quantitative estimate of drug-likeness (QED) is 0.726. The van der Waals surface area contributed by atoms with Gasteiger partial charge in [0.2, 0.25) is 10.0 Å². The second-order valence-electron chi connectivity index (χ2n) is 5.21. The summed E-state index contributed by atoms with van der Waals surface area (Å²) in [5.74, 6) is 0. The molecule has 0 aliphatic heterocycles. The van der Waals surface area contributed by atoms with Crippen molar-refractivity contribution in [2.75, 3.05) is 19.7 Å². The van der Waals surface area contributed by atoms with Crippen LogP contribution in [0, 0.1) is 0 Å². The van der Waals surface area contributed by atoms with Crippen LogP contribution in [0.3, 0.4) is 0 Å². The second-order valence-corrected chi connectivity index (χ2v) is 7.10. The SMILES string of the molecule is CCNCc1ccc(S(=O)(=O)N(CCCO)C(C)C)cc1. The van der Waals surface area contributed by atoms with Gasteiger partial charge >= 0.3 is 0 Å². The van der Waals surface area contributed by atoms with Gasteiger partial charge in [0.1, 0.15) is 0 Å². The van der Waals surface area contributed by atoms with Gasteiger partial charge in [-0.1, -0.05) is 19.1 Å². The minimum Gasteiger partial charge on any atom is -0.396 e. The Hall–Kier alpha value is -0.950. The van der Waals surface area contributed by atoms with Crippen molar-refractivity contribution in [2.24, 2.45) is 0 Å². The molecule has 0 aromatic heterocycles. The molecule has 0 saturated heterocycles. The van der Waals surface area contributed by atoms with Crippen molar-refractivity contribution in [3.05, 3.63) is 29.8 Å². The molecule has 120 valence electrons. The lowest BCUT2D eigenvalue weighted by atomic mass is 10.2. The van der Waals surface area contributed by atoms with Crippen molar-refractivity contribution < 1.29 is 13.5 Å². The zero-order valence-electron chi connectivity index (χ0n) is 13.0. The van der Waals surface area contributed by atoms with Crippen LogP contribution in [-0.2, 0) is 16.6 Å². The van der Waals surface area contributed by atoms with E-state index in [4.69, 9.17) is 5.11 Å². The Kier molecular flexibility index (Phi) is 7.31. The van der Waals surface area contributed by atoms with Gasteiger partial charge in [0.25, 0.3) is 0 Å². The summed E-state index contributed by atoms with van der Waals surface area (Å²) in [5.41, 5.74) is 1.06. The Balaban J connectivity index is 2.94. The van der Waals surface area contributed by atoms with E-state index >= 15 is 0 Å². The number of nitrogens with one attached hydrogen (secondary N) is 1. The third-order valence-electron chi connectivity index (χ3n) is 3.22. The topological polar surface area (TPSA) is 69.6 Å². The highest BCUT2D eigenvalue weighted by Crippen LogP contribution is 2.19. The van der Waals surface area contributed by atoms with E-state index in [0.29, 0.717) is 17.9 Å². The molecular weight excluding hydrogens is 288 g/mol. The third kappa shape index (κ3) is 5.07. The van der Waals surface area contributed by atoms with Crippen molar-refractivity contribution in [1.82, 2.24) is 9.62 Å². The number of nitrogens with zero attached hydrogens (tertiary/aromatic N) is 1. The van der Waals surface area contributed by atoms with E-state index in [2.05, 4.69) is 5.32 Å². The molecule has 0 spiro atoms. The van der Waals surface area contributed by atoms with Gasteiger partial charge in [-0.05, 0) is 44.5 Å². The van der Waals surface area contributed by atoms with E-state index in [-0.39, 0.29) is 12.6 Å². The van der Waals surface area contributed by atoms with E-state index in [9.17, 15) is 8.42 Å². The summed E-state index contributed by atoms with van der Waals surface area (Å²) in [6.07, 6.45) is 0.440. The van der Waals surface area contributed by atoms with Crippen molar-refractivity contribution in [3.63, 3.8) is 0 Å². The lowest BCUT2D eigenvalue weighted by Gasteiger charge is -2.25. The lowest BCUT2D eigenvalue weighted by Crippen LogP contribution is -2.38. The highest BCUT2D eigenvalue weighted by Gasteiger charge is 2.26. The normalized spacial score (nSPS) is 12.3. The Labute approximate surface area is 128 Å². The predicted octanol–water partition coefficient (Wildman–Crippen LogP) is 1.58. The molecule has 0 radical (unpaired) electrons. The molecule has 1 aromatic rings. The Morgan fingerprint density at radius 3 is 2.33 bits per heavy atom. The zero-order chi connectivity index (χ0) is 15.9. The smallest absolute Gasteiger partial charge is 0.243 e. The molecule has 0 saturated carbocycles. The third-order valence-corrected chi connectivity index (χ3v) is 5.31. The van der Waals surface area contributed by atoms with Crippen LogP contribution in [0.1, 0.15) is 32.8 Å². The number of benzene rings is 1. The van der Waals surface area contributed by atoms with Gasteiger partial charge in [0.15, 0.2) is 0 Å². The molecule has 0 bridgehead atoms. The van der Waals surface area contributed by atoms with Gasteiger partial charge in [-0.2, -0.15) is 4.31 Å². The molecule has 0 fully saturated rings. The lowest BCUT2D eigenvalue weighted by molar-refractivity contribution is 0.258. The van der Waals surface area contributed by atoms with Crippen LogP contribution in [-0.4, -0.2) is 43.6 Å². The Bertz CT molecular complexity index is 512. The summed E-state index contributed by atoms with van der Waals surface area (Å²) >= 11 is 0. The van der Waals surface area contributed by atoms with Crippen LogP contribution in [0.4, 0.5) is 0 Å². The predicted molar refractivity (Wildman–Crippen MR) is 84.6 cm³/mol. The maximum atomic E-state index is 12.6. The fourth-order valence-electron chi connectivity index (χ4n) is 2.07. The maximum absolute atomic E-state index is 12.6. The first-order valence-corrected chi connectivity index (χ1v) is 8.79. The molecule has 0 unspecified atom stereocenters. The number of aliphatic hydroxyl groups excluding tert-OH is 1. The molecule has 1 rings (SSSR count). The first-order valence-electron chi connectivity index (χ1n) is 7.35. The highest BCUT2D eigenvalue weighted by atomic mass is 32.2. The summed E-state index contributed by atoms with van der Waals surface area (Å²) in [4.78, 5) is 0.300. The monoisotopic (exact) mass is 314 g/mol. The van der Waals surface area contributed by atoms with Crippen molar-refractivity contribution in [3.8, 4) is 0 Å². The molecule has 0 aliphatic rings. The highest BCUT2D eigenvalue weighted by molar-refractivity contribution is 7.89. The van der Waals surface area contributed by atoms with Crippen LogP contribution in [0.2, 0.25) is 0 Å². The molecule has 1 aromatic carbocycles. The average Bonchev–Trinajstić information content (AvgIpc) is 2.45. The molecule has 6 heteroatoms. The molecule has 2 N–H and O–H groups in total. The molecule has 0 amide bonds. The van der Waals surface area contributed by atoms with Crippen LogP contribution < -0.4 is 5.32 Å². The fraction of sp³-hybridized carbons (Fsp3) is 0.600. The first kappa shape index (κ1) is 18.1. The first-order chi connectivity index (χ1) is 9.93. The number of aliphatic hydroxyl groups is 1. The molecular formula is C15H26N2O3S. The van der Waals surface area contributed by atoms with E-state index in [1.807, 2.05) is 32.9 Å². The molecule has 0 aliphatic carbocycles. The standard InChI is InChI=1S/C15H26N2O3S/c1-4-16-12-14-6-8-15(9-7-14)21(19,20)17(13(2)3)10-5-11-18/h6-9,13,16,18H,4-5,10-12H2,1-3H3. The van der Waals surface area contributed by atoms with E-state index in [1.165, 1.54) is 4.31 Å². The van der Waals surface area contributed by atoms with Crippen LogP contribution >= 0.6 is 0 Å². The van der Waals surface area contributed by atoms with Gasteiger partial charge in [-0.25, -0.2) is 8.42 Å². The summed E-state index contributed by atoms with van der Waals surface area (Å²) in [6.45, 7) is 7.64. The maximum Gasteiger partial charge on any atom is 0.243 e. The van der Waals surface area contributed by atoms with E-state index in [0.717, 1.165) is 18.7 Å². The van der Waals surface area contributed by atoms with Crippen molar-refractivity contribution in [1.29, 1.82) is 0 Å². The van der Waals surface area contributed by atoms with Crippen molar-refractivity contribution >= 4 is 10.0 Å². The minimum atomic E-state index is -3.51. The van der Waals surface area contributed by atoms with Gasteiger partial charge < -0.3 is 10.4 Å². The average molecular weight is 314 g/mol. The molecule has 21 heavy (non-hydrogen) atoms. The molecule has 5 nitrogen and oxygen atoms in total. The van der Waals surface area contributed by atoms with E-state index in [1.54, 1.807) is 12.1 Å². The summed E-state index contributed by atoms with van der Waals surface area (Å²) in [6, 6.07) is 6.83. The van der Waals surface area contributed by atoms with Crippen LogP contribution in [0.15, 0.2) is 29.2 Å². The number of rotatable bonds is 9. The van der Waals surface area contributed by atoms with Gasteiger partial charge in [-0.15, -0.1) is 0 Å². The molecule has 0 heterocycles. The van der Waals surface area contributed by atoms with Crippen molar-refractivity contribution in [2.45, 2.75) is 44.7 Å². The Morgan fingerprint density at radius 2 is 1.86 bits per heavy atom. The number of hydrogen-bond acceptors (Lipinski definition) is 4. The van der Waals surface area contributed by atoms with Crippen LogP contribution in [0.5, 0.6) is 0 Å². The largest absolute Gasteiger partial charge is 0.396 e. The van der Waals surface area contributed by atoms with E-state index < -0.39 is 10.0 Å². The minimum absolute atomic E-state index is 0.0135. The summed E-state index contributed by atoms with van der Waals surface area (Å²) < 4.78 is 26.7. The Morgan fingerprint density at radius 1 is 1.24 bits per heavy atom. The summed E-state index contributed by atoms with van der Waals surface area (Å²) in [5, 5.41) is 12.1. The number of hydrogen-bond donors (Lipinski definition) is 2. The molecule has 0 atom stereocenters. The van der Waals surface area contributed by atoms with Crippen LogP contribution in [0.25, 0.3) is 0 Å². The van der Waals surface area contributed by atoms with Gasteiger partial charge in [-0.3, -0.25) is 0 Å². The fourth-order valence-corrected chi connectivity index (χ4v) is 3.74. The zero-order valence-corrected chi connectivity index (χ0v) is 13.9. The second kappa shape index (κ2) is 8.48. The van der Waals surface area contributed by atoms with Gasteiger partial charge in [0, 0.05) is 25.7 Å². The number of sulfonamides is 1.